The van der Waals surface area contributed by atoms with Crippen LogP contribution in [0.1, 0.15) is 35.7 Å². The fraction of sp³-hybridized carbons (Fsp3) is 0.312. The van der Waals surface area contributed by atoms with E-state index >= 15 is 0 Å². The van der Waals surface area contributed by atoms with Gasteiger partial charge in [-0.25, -0.2) is 0 Å². The van der Waals surface area contributed by atoms with Gasteiger partial charge in [-0.15, -0.1) is 0 Å². The van der Waals surface area contributed by atoms with Gasteiger partial charge in [-0.1, -0.05) is 47.1 Å². The molecule has 0 heterocycles. The second-order valence-electron chi connectivity index (χ2n) is 5.20. The summed E-state index contributed by atoms with van der Waals surface area (Å²) in [7, 11) is 0. The molecule has 2 aromatic carbocycles. The van der Waals surface area contributed by atoms with Crippen LogP contribution in [0.5, 0.6) is 0 Å². The van der Waals surface area contributed by atoms with Crippen molar-refractivity contribution >= 4 is 32.5 Å². The Balaban J connectivity index is 2.32. The van der Waals surface area contributed by atoms with Crippen molar-refractivity contribution in [2.24, 2.45) is 5.92 Å². The third-order valence-corrected chi connectivity index (χ3v) is 4.48. The normalized spacial score (nSPS) is 19.7. The van der Waals surface area contributed by atoms with Crippen molar-refractivity contribution in [1.29, 1.82) is 0 Å². The zero-order chi connectivity index (χ0) is 12.7. The Morgan fingerprint density at radius 1 is 1.22 bits per heavy atom. The molecular weight excluding hydrogens is 288 g/mol. The van der Waals surface area contributed by atoms with Gasteiger partial charge in [0.05, 0.1) is 0 Å². The van der Waals surface area contributed by atoms with Crippen molar-refractivity contribution in [3.05, 3.63) is 45.9 Å². The standard InChI is InChI=1S/C16H15BrO/c1-10-6-7-12-11-4-2-3-5-13(11)15(17)9-14(12)16(18)8-10/h2-5,9-10H,6-8H2,1H3. The Kier molecular flexibility index (Phi) is 2.98. The van der Waals surface area contributed by atoms with Crippen molar-refractivity contribution in [3.63, 3.8) is 0 Å². The first kappa shape index (κ1) is 11.9. The molecule has 1 aliphatic carbocycles. The van der Waals surface area contributed by atoms with E-state index in [1.54, 1.807) is 0 Å². The van der Waals surface area contributed by atoms with Crippen LogP contribution in [-0.2, 0) is 6.42 Å². The highest BCUT2D eigenvalue weighted by Gasteiger charge is 2.22. The van der Waals surface area contributed by atoms with Crippen LogP contribution in [0.4, 0.5) is 0 Å². The lowest BCUT2D eigenvalue weighted by Gasteiger charge is -2.11. The van der Waals surface area contributed by atoms with Crippen LogP contribution in [0.25, 0.3) is 10.8 Å². The highest BCUT2D eigenvalue weighted by molar-refractivity contribution is 9.10. The molecule has 92 valence electrons. The largest absolute Gasteiger partial charge is 0.294 e. The number of carbonyl (C=O) groups is 1. The summed E-state index contributed by atoms with van der Waals surface area (Å²) in [5, 5.41) is 2.43. The molecule has 0 saturated heterocycles. The summed E-state index contributed by atoms with van der Waals surface area (Å²) < 4.78 is 1.03. The summed E-state index contributed by atoms with van der Waals surface area (Å²) in [6.45, 7) is 2.17. The Hall–Kier alpha value is -1.15. The smallest absolute Gasteiger partial charge is 0.163 e. The number of rotatable bonds is 0. The van der Waals surface area contributed by atoms with Crippen molar-refractivity contribution < 1.29 is 4.79 Å². The number of aryl methyl sites for hydroxylation is 1. The van der Waals surface area contributed by atoms with Gasteiger partial charge in [0.2, 0.25) is 0 Å². The Morgan fingerprint density at radius 3 is 2.72 bits per heavy atom. The van der Waals surface area contributed by atoms with Crippen LogP contribution < -0.4 is 0 Å². The topological polar surface area (TPSA) is 17.1 Å². The summed E-state index contributed by atoms with van der Waals surface area (Å²) in [5.74, 6) is 0.781. The number of Topliss-reactive ketones (excluding diaryl/α,β-unsaturated/α-hetero) is 1. The van der Waals surface area contributed by atoms with Gasteiger partial charge >= 0.3 is 0 Å². The van der Waals surface area contributed by atoms with Crippen molar-refractivity contribution in [3.8, 4) is 0 Å². The molecular formula is C16H15BrO. The molecule has 0 aromatic heterocycles. The van der Waals surface area contributed by atoms with Gasteiger partial charge in [-0.05, 0) is 41.2 Å². The molecule has 18 heavy (non-hydrogen) atoms. The van der Waals surface area contributed by atoms with Crippen LogP contribution in [0.15, 0.2) is 34.8 Å². The number of benzene rings is 2. The monoisotopic (exact) mass is 302 g/mol. The number of ketones is 1. The fourth-order valence-electron chi connectivity index (χ4n) is 2.83. The summed E-state index contributed by atoms with van der Waals surface area (Å²) >= 11 is 3.59. The summed E-state index contributed by atoms with van der Waals surface area (Å²) in [5.41, 5.74) is 2.16. The zero-order valence-electron chi connectivity index (χ0n) is 10.4. The van der Waals surface area contributed by atoms with Crippen LogP contribution in [0.2, 0.25) is 0 Å². The lowest BCUT2D eigenvalue weighted by Crippen LogP contribution is -2.03. The van der Waals surface area contributed by atoms with E-state index in [1.807, 2.05) is 18.2 Å². The van der Waals surface area contributed by atoms with Crippen LogP contribution in [0, 0.1) is 5.92 Å². The van der Waals surface area contributed by atoms with Crippen LogP contribution >= 0.6 is 15.9 Å². The quantitative estimate of drug-likeness (QED) is 0.641. The van der Waals surface area contributed by atoms with Crippen molar-refractivity contribution in [1.82, 2.24) is 0 Å². The molecule has 0 fully saturated rings. The third-order valence-electron chi connectivity index (χ3n) is 3.83. The van der Waals surface area contributed by atoms with Gasteiger partial charge in [-0.3, -0.25) is 4.79 Å². The molecule has 0 amide bonds. The van der Waals surface area contributed by atoms with E-state index in [1.165, 1.54) is 16.3 Å². The highest BCUT2D eigenvalue weighted by Crippen LogP contribution is 2.34. The van der Waals surface area contributed by atoms with Gasteiger partial charge < -0.3 is 0 Å². The SMILES string of the molecule is CC1CCc2c(cc(Br)c3ccccc23)C(=O)C1. The first-order chi connectivity index (χ1) is 8.66. The first-order valence-corrected chi connectivity index (χ1v) is 7.19. The Bertz CT molecular complexity index is 630. The van der Waals surface area contributed by atoms with Gasteiger partial charge in [0.25, 0.3) is 0 Å². The molecule has 3 rings (SSSR count). The van der Waals surface area contributed by atoms with Crippen LogP contribution in [-0.4, -0.2) is 5.78 Å². The minimum absolute atomic E-state index is 0.293. The fourth-order valence-corrected chi connectivity index (χ4v) is 3.40. The maximum Gasteiger partial charge on any atom is 0.163 e. The maximum atomic E-state index is 12.3. The minimum atomic E-state index is 0.293. The molecule has 2 aromatic rings. The summed E-state index contributed by atoms with van der Waals surface area (Å²) in [4.78, 5) is 12.3. The molecule has 0 saturated carbocycles. The molecule has 0 radical (unpaired) electrons. The molecule has 2 heteroatoms. The average molecular weight is 303 g/mol. The number of hydrogen-bond donors (Lipinski definition) is 0. The van der Waals surface area contributed by atoms with Gasteiger partial charge in [0.15, 0.2) is 5.78 Å². The maximum absolute atomic E-state index is 12.3. The summed E-state index contributed by atoms with van der Waals surface area (Å²) in [6.07, 6.45) is 2.79. The molecule has 0 aliphatic heterocycles. The van der Waals surface area contributed by atoms with E-state index in [4.69, 9.17) is 0 Å². The van der Waals surface area contributed by atoms with E-state index in [-0.39, 0.29) is 0 Å². The lowest BCUT2D eigenvalue weighted by atomic mass is 9.95. The van der Waals surface area contributed by atoms with Gasteiger partial charge in [0, 0.05) is 16.5 Å². The van der Waals surface area contributed by atoms with E-state index in [9.17, 15) is 4.79 Å². The second-order valence-corrected chi connectivity index (χ2v) is 6.06. The zero-order valence-corrected chi connectivity index (χ0v) is 12.0. The molecule has 1 nitrogen and oxygen atoms in total. The van der Waals surface area contributed by atoms with Crippen molar-refractivity contribution in [2.45, 2.75) is 26.2 Å². The number of carbonyl (C=O) groups excluding carboxylic acids is 1. The van der Waals surface area contributed by atoms with Gasteiger partial charge in [0.1, 0.15) is 0 Å². The Labute approximate surface area is 115 Å². The van der Waals surface area contributed by atoms with E-state index in [2.05, 4.69) is 35.0 Å². The highest BCUT2D eigenvalue weighted by atomic mass is 79.9. The number of halogens is 1. The van der Waals surface area contributed by atoms with Crippen LogP contribution in [0.3, 0.4) is 0 Å². The average Bonchev–Trinajstić information content (AvgIpc) is 2.50. The summed E-state index contributed by atoms with van der Waals surface area (Å²) in [6, 6.07) is 10.3. The van der Waals surface area contributed by atoms with Gasteiger partial charge in [-0.2, -0.15) is 0 Å². The lowest BCUT2D eigenvalue weighted by molar-refractivity contribution is 0.0967. The van der Waals surface area contributed by atoms with E-state index < -0.39 is 0 Å². The minimum Gasteiger partial charge on any atom is -0.294 e. The molecule has 1 atom stereocenters. The second kappa shape index (κ2) is 4.51. The number of fused-ring (bicyclic) bond motifs is 3. The molecule has 0 N–H and O–H groups in total. The third kappa shape index (κ3) is 1.89. The molecule has 0 bridgehead atoms. The van der Waals surface area contributed by atoms with E-state index in [0.717, 1.165) is 22.9 Å². The first-order valence-electron chi connectivity index (χ1n) is 6.40. The molecule has 0 spiro atoms. The predicted molar refractivity (Wildman–Crippen MR) is 78.1 cm³/mol. The van der Waals surface area contributed by atoms with E-state index in [0.29, 0.717) is 18.1 Å². The predicted octanol–water partition coefficient (Wildman–Crippen LogP) is 4.76. The molecule has 1 aliphatic rings. The Morgan fingerprint density at radius 2 is 1.94 bits per heavy atom. The van der Waals surface area contributed by atoms with Crippen molar-refractivity contribution in [2.75, 3.05) is 0 Å². The molecule has 1 unspecified atom stereocenters. The number of hydrogen-bond acceptors (Lipinski definition) is 1.